The number of carbonyl (C=O) groups is 1. The van der Waals surface area contributed by atoms with Crippen LogP contribution in [0.15, 0.2) is 67.0 Å². The average Bonchev–Trinajstić information content (AvgIpc) is 2.75. The molecule has 4 rings (SSSR count). The van der Waals surface area contributed by atoms with E-state index in [1.807, 2.05) is 36.4 Å². The van der Waals surface area contributed by atoms with Crippen LogP contribution in [0.3, 0.4) is 0 Å². The fraction of sp³-hybridized carbons (Fsp3) is 0.190. The van der Waals surface area contributed by atoms with E-state index in [1.165, 1.54) is 12.0 Å². The molecule has 0 saturated carbocycles. The van der Waals surface area contributed by atoms with Gasteiger partial charge in [-0.3, -0.25) is 4.79 Å². The van der Waals surface area contributed by atoms with Crippen LogP contribution < -0.4 is 15.1 Å². The number of piperazine rings is 1. The highest BCUT2D eigenvalue weighted by atomic mass is 127. The van der Waals surface area contributed by atoms with Gasteiger partial charge in [-0.25, -0.2) is 9.97 Å². The quantitative estimate of drug-likeness (QED) is 0.572. The van der Waals surface area contributed by atoms with E-state index in [0.29, 0.717) is 11.4 Å². The van der Waals surface area contributed by atoms with Crippen LogP contribution in [0.5, 0.6) is 0 Å². The number of amides is 1. The molecule has 0 radical (unpaired) electrons. The maximum absolute atomic E-state index is 12.5. The Balaban J connectivity index is 1.42. The summed E-state index contributed by atoms with van der Waals surface area (Å²) in [7, 11) is 0. The normalized spacial score (nSPS) is 14.0. The van der Waals surface area contributed by atoms with E-state index in [0.717, 1.165) is 35.6 Å². The lowest BCUT2D eigenvalue weighted by molar-refractivity contribution is 0.102. The van der Waals surface area contributed by atoms with Crippen LogP contribution in [0.25, 0.3) is 0 Å². The molecule has 1 fully saturated rings. The molecular formula is C21H20IN5O. The van der Waals surface area contributed by atoms with Crippen molar-refractivity contribution in [1.29, 1.82) is 0 Å². The molecule has 2 heterocycles. The van der Waals surface area contributed by atoms with Crippen LogP contribution in [0.4, 0.5) is 17.3 Å². The highest BCUT2D eigenvalue weighted by molar-refractivity contribution is 14.1. The Kier molecular flexibility index (Phi) is 5.70. The molecule has 1 saturated heterocycles. The first-order chi connectivity index (χ1) is 13.7. The fourth-order valence-corrected chi connectivity index (χ4v) is 3.88. The first-order valence-electron chi connectivity index (χ1n) is 9.13. The third-order valence-corrected chi connectivity index (χ3v) is 5.68. The zero-order valence-corrected chi connectivity index (χ0v) is 17.4. The van der Waals surface area contributed by atoms with Crippen molar-refractivity contribution in [3.63, 3.8) is 0 Å². The smallest absolute Gasteiger partial charge is 0.257 e. The first-order valence-corrected chi connectivity index (χ1v) is 10.2. The van der Waals surface area contributed by atoms with Gasteiger partial charge < -0.3 is 15.1 Å². The number of rotatable bonds is 4. The molecule has 7 heteroatoms. The summed E-state index contributed by atoms with van der Waals surface area (Å²) in [5.41, 5.74) is 1.88. The van der Waals surface area contributed by atoms with Crippen molar-refractivity contribution in [3.8, 4) is 0 Å². The Bertz CT molecular complexity index is 958. The zero-order valence-electron chi connectivity index (χ0n) is 15.3. The van der Waals surface area contributed by atoms with Crippen molar-refractivity contribution in [3.05, 3.63) is 76.1 Å². The standard InChI is InChI=1S/C21H20IN5O/c22-18-9-5-4-8-17(18)21(28)25-19-14-20(24-15-23-19)27-12-10-26(11-13-27)16-6-2-1-3-7-16/h1-9,14-15H,10-13H2,(H,23,24,25,28). The van der Waals surface area contributed by atoms with Crippen LogP contribution in [0.1, 0.15) is 10.4 Å². The van der Waals surface area contributed by atoms with Crippen LogP contribution >= 0.6 is 22.6 Å². The second-order valence-corrected chi connectivity index (χ2v) is 7.67. The van der Waals surface area contributed by atoms with Gasteiger partial charge in [0.25, 0.3) is 5.91 Å². The summed E-state index contributed by atoms with van der Waals surface area (Å²) in [6, 6.07) is 19.8. The van der Waals surface area contributed by atoms with Crippen molar-refractivity contribution in [2.45, 2.75) is 0 Å². The highest BCUT2D eigenvalue weighted by Crippen LogP contribution is 2.21. The molecule has 1 N–H and O–H groups in total. The Labute approximate surface area is 177 Å². The lowest BCUT2D eigenvalue weighted by atomic mass is 10.2. The molecular weight excluding hydrogens is 465 g/mol. The van der Waals surface area contributed by atoms with Gasteiger partial charge >= 0.3 is 0 Å². The minimum absolute atomic E-state index is 0.163. The largest absolute Gasteiger partial charge is 0.368 e. The summed E-state index contributed by atoms with van der Waals surface area (Å²) in [6.45, 7) is 3.60. The fourth-order valence-electron chi connectivity index (χ4n) is 3.25. The summed E-state index contributed by atoms with van der Waals surface area (Å²) in [5, 5.41) is 2.88. The van der Waals surface area contributed by atoms with E-state index in [2.05, 4.69) is 71.9 Å². The molecule has 6 nitrogen and oxygen atoms in total. The molecule has 1 aliphatic rings. The highest BCUT2D eigenvalue weighted by Gasteiger charge is 2.19. The molecule has 1 aromatic heterocycles. The molecule has 28 heavy (non-hydrogen) atoms. The zero-order chi connectivity index (χ0) is 19.3. The third-order valence-electron chi connectivity index (χ3n) is 4.74. The summed E-state index contributed by atoms with van der Waals surface area (Å²) >= 11 is 2.16. The maximum atomic E-state index is 12.5. The molecule has 3 aromatic rings. The minimum atomic E-state index is -0.163. The number of para-hydroxylation sites is 1. The molecule has 0 spiro atoms. The number of nitrogens with one attached hydrogen (secondary N) is 1. The lowest BCUT2D eigenvalue weighted by Crippen LogP contribution is -2.46. The van der Waals surface area contributed by atoms with Gasteiger partial charge in [-0.1, -0.05) is 30.3 Å². The number of aromatic nitrogens is 2. The van der Waals surface area contributed by atoms with Crippen LogP contribution in [-0.2, 0) is 0 Å². The van der Waals surface area contributed by atoms with Crippen molar-refractivity contribution < 1.29 is 4.79 Å². The monoisotopic (exact) mass is 485 g/mol. The molecule has 0 aliphatic carbocycles. The molecule has 2 aromatic carbocycles. The van der Waals surface area contributed by atoms with E-state index in [4.69, 9.17) is 0 Å². The second kappa shape index (κ2) is 8.55. The molecule has 1 amide bonds. The SMILES string of the molecule is O=C(Nc1cc(N2CCN(c3ccccc3)CC2)ncn1)c1ccccc1I. The van der Waals surface area contributed by atoms with E-state index in [9.17, 15) is 4.79 Å². The summed E-state index contributed by atoms with van der Waals surface area (Å²) in [4.78, 5) is 25.7. The van der Waals surface area contributed by atoms with Crippen LogP contribution in [-0.4, -0.2) is 42.1 Å². The van der Waals surface area contributed by atoms with Crippen LogP contribution in [0.2, 0.25) is 0 Å². The number of hydrogen-bond acceptors (Lipinski definition) is 5. The van der Waals surface area contributed by atoms with Gasteiger partial charge in [0, 0.05) is 41.5 Å². The second-order valence-electron chi connectivity index (χ2n) is 6.51. The van der Waals surface area contributed by atoms with Gasteiger partial charge in [0.2, 0.25) is 0 Å². The average molecular weight is 485 g/mol. The van der Waals surface area contributed by atoms with E-state index >= 15 is 0 Å². The number of carbonyl (C=O) groups excluding carboxylic acids is 1. The first kappa shape index (κ1) is 18.7. The van der Waals surface area contributed by atoms with Gasteiger partial charge in [-0.05, 0) is 46.9 Å². The van der Waals surface area contributed by atoms with Crippen molar-refractivity contribution in [2.75, 3.05) is 41.3 Å². The molecule has 0 unspecified atom stereocenters. The van der Waals surface area contributed by atoms with Gasteiger partial charge in [-0.15, -0.1) is 0 Å². The predicted octanol–water partition coefficient (Wildman–Crippen LogP) is 3.66. The van der Waals surface area contributed by atoms with Gasteiger partial charge in [0.15, 0.2) is 0 Å². The lowest BCUT2D eigenvalue weighted by Gasteiger charge is -2.36. The Morgan fingerprint density at radius 2 is 1.57 bits per heavy atom. The minimum Gasteiger partial charge on any atom is -0.368 e. The molecule has 142 valence electrons. The molecule has 0 bridgehead atoms. The number of benzene rings is 2. The van der Waals surface area contributed by atoms with Crippen molar-refractivity contribution in [2.24, 2.45) is 0 Å². The number of anilines is 3. The Morgan fingerprint density at radius 1 is 0.893 bits per heavy atom. The van der Waals surface area contributed by atoms with Gasteiger partial charge in [0.1, 0.15) is 18.0 Å². The Hall–Kier alpha value is -2.68. The summed E-state index contributed by atoms with van der Waals surface area (Å²) in [6.07, 6.45) is 1.50. The van der Waals surface area contributed by atoms with Crippen LogP contribution in [0, 0.1) is 3.57 Å². The molecule has 1 aliphatic heterocycles. The number of halogens is 1. The predicted molar refractivity (Wildman–Crippen MR) is 120 cm³/mol. The van der Waals surface area contributed by atoms with E-state index in [-0.39, 0.29) is 5.91 Å². The topological polar surface area (TPSA) is 61.4 Å². The van der Waals surface area contributed by atoms with Crippen molar-refractivity contribution >= 4 is 45.8 Å². The molecule has 0 atom stereocenters. The number of nitrogens with zero attached hydrogens (tertiary/aromatic N) is 4. The Morgan fingerprint density at radius 3 is 2.32 bits per heavy atom. The third kappa shape index (κ3) is 4.24. The van der Waals surface area contributed by atoms with Crippen molar-refractivity contribution in [1.82, 2.24) is 9.97 Å². The number of hydrogen-bond donors (Lipinski definition) is 1. The van der Waals surface area contributed by atoms with E-state index in [1.54, 1.807) is 0 Å². The van der Waals surface area contributed by atoms with E-state index < -0.39 is 0 Å². The summed E-state index contributed by atoms with van der Waals surface area (Å²) in [5.74, 6) is 1.18. The summed E-state index contributed by atoms with van der Waals surface area (Å²) < 4.78 is 0.906. The van der Waals surface area contributed by atoms with Gasteiger partial charge in [-0.2, -0.15) is 0 Å². The van der Waals surface area contributed by atoms with Gasteiger partial charge in [0.05, 0.1) is 5.56 Å². The maximum Gasteiger partial charge on any atom is 0.257 e.